The highest BCUT2D eigenvalue weighted by atomic mass is 32.2. The molecule has 5 heteroatoms. The summed E-state index contributed by atoms with van der Waals surface area (Å²) in [6, 6.07) is 0. The molecule has 1 aliphatic rings. The molecule has 15 heavy (non-hydrogen) atoms. The Morgan fingerprint density at radius 2 is 1.53 bits per heavy atom. The van der Waals surface area contributed by atoms with Crippen LogP contribution in [0.25, 0.3) is 0 Å². The summed E-state index contributed by atoms with van der Waals surface area (Å²) in [6.45, 7) is 11.1. The molecule has 1 heterocycles. The maximum absolute atomic E-state index is 11.6. The van der Waals surface area contributed by atoms with E-state index in [1.54, 1.807) is 11.2 Å². The zero-order chi connectivity index (χ0) is 11.7. The Bertz CT molecular complexity index is 298. The average molecular weight is 234 g/mol. The van der Waals surface area contributed by atoms with Gasteiger partial charge < -0.3 is 0 Å². The van der Waals surface area contributed by atoms with Crippen LogP contribution in [0.15, 0.2) is 0 Å². The largest absolute Gasteiger partial charge is 0.296 e. The third kappa shape index (κ3) is 3.16. The molecule has 0 aromatic carbocycles. The highest BCUT2D eigenvalue weighted by Gasteiger charge is 2.30. The van der Waals surface area contributed by atoms with Crippen molar-refractivity contribution in [1.29, 1.82) is 0 Å². The first kappa shape index (κ1) is 12.9. The van der Waals surface area contributed by atoms with Crippen molar-refractivity contribution in [2.24, 2.45) is 0 Å². The Kier molecular flexibility index (Phi) is 3.79. The van der Waals surface area contributed by atoms with Crippen LogP contribution in [-0.4, -0.2) is 55.1 Å². The SMILES string of the molecule is CCS(=O)(=O)N1CCN(C(C)(C)C)CC1. The first-order chi connectivity index (χ1) is 6.77. The summed E-state index contributed by atoms with van der Waals surface area (Å²) < 4.78 is 24.8. The van der Waals surface area contributed by atoms with Gasteiger partial charge in [-0.15, -0.1) is 0 Å². The highest BCUT2D eigenvalue weighted by molar-refractivity contribution is 7.89. The lowest BCUT2D eigenvalue weighted by molar-refractivity contribution is 0.0922. The second-order valence-corrected chi connectivity index (χ2v) is 7.22. The Hall–Kier alpha value is -0.130. The van der Waals surface area contributed by atoms with Crippen LogP contribution >= 0.6 is 0 Å². The van der Waals surface area contributed by atoms with Crippen LogP contribution < -0.4 is 0 Å². The summed E-state index contributed by atoms with van der Waals surface area (Å²) in [4.78, 5) is 2.33. The molecule has 1 aliphatic heterocycles. The third-order valence-corrected chi connectivity index (χ3v) is 4.83. The molecule has 0 amide bonds. The van der Waals surface area contributed by atoms with Crippen molar-refractivity contribution in [2.75, 3.05) is 31.9 Å². The minimum absolute atomic E-state index is 0.141. The van der Waals surface area contributed by atoms with Gasteiger partial charge in [-0.2, -0.15) is 4.31 Å². The van der Waals surface area contributed by atoms with Crippen molar-refractivity contribution in [3.63, 3.8) is 0 Å². The van der Waals surface area contributed by atoms with E-state index in [4.69, 9.17) is 0 Å². The molecule has 0 saturated carbocycles. The van der Waals surface area contributed by atoms with E-state index < -0.39 is 10.0 Å². The molecule has 0 N–H and O–H groups in total. The van der Waals surface area contributed by atoms with E-state index in [0.29, 0.717) is 13.1 Å². The fourth-order valence-electron chi connectivity index (χ4n) is 1.82. The van der Waals surface area contributed by atoms with Gasteiger partial charge in [-0.1, -0.05) is 0 Å². The molecule has 4 nitrogen and oxygen atoms in total. The lowest BCUT2D eigenvalue weighted by Gasteiger charge is -2.41. The van der Waals surface area contributed by atoms with Crippen LogP contribution in [0.4, 0.5) is 0 Å². The first-order valence-electron chi connectivity index (χ1n) is 5.50. The predicted octanol–water partition coefficient (Wildman–Crippen LogP) is 0.752. The normalized spacial score (nSPS) is 21.9. The van der Waals surface area contributed by atoms with Gasteiger partial charge >= 0.3 is 0 Å². The predicted molar refractivity (Wildman–Crippen MR) is 62.4 cm³/mol. The quantitative estimate of drug-likeness (QED) is 0.708. The minimum Gasteiger partial charge on any atom is -0.296 e. The van der Waals surface area contributed by atoms with E-state index in [9.17, 15) is 8.42 Å². The number of rotatable bonds is 2. The van der Waals surface area contributed by atoms with Crippen molar-refractivity contribution in [1.82, 2.24) is 9.21 Å². The molecule has 0 unspecified atom stereocenters. The van der Waals surface area contributed by atoms with Crippen molar-refractivity contribution >= 4 is 10.0 Å². The lowest BCUT2D eigenvalue weighted by atomic mass is 10.1. The van der Waals surface area contributed by atoms with E-state index in [0.717, 1.165) is 13.1 Å². The lowest BCUT2D eigenvalue weighted by Crippen LogP contribution is -2.54. The Morgan fingerprint density at radius 3 is 1.87 bits per heavy atom. The fraction of sp³-hybridized carbons (Fsp3) is 1.00. The molecule has 0 atom stereocenters. The van der Waals surface area contributed by atoms with Crippen LogP contribution in [-0.2, 0) is 10.0 Å². The van der Waals surface area contributed by atoms with E-state index >= 15 is 0 Å². The van der Waals surface area contributed by atoms with E-state index in [-0.39, 0.29) is 11.3 Å². The number of nitrogens with zero attached hydrogens (tertiary/aromatic N) is 2. The average Bonchev–Trinajstić information content (AvgIpc) is 2.17. The maximum Gasteiger partial charge on any atom is 0.213 e. The summed E-state index contributed by atoms with van der Waals surface area (Å²) in [5, 5.41) is 0. The van der Waals surface area contributed by atoms with Crippen LogP contribution in [0.1, 0.15) is 27.7 Å². The summed E-state index contributed by atoms with van der Waals surface area (Å²) in [5.41, 5.74) is 0.141. The first-order valence-corrected chi connectivity index (χ1v) is 7.11. The monoisotopic (exact) mass is 234 g/mol. The van der Waals surface area contributed by atoms with Crippen LogP contribution in [0, 0.1) is 0 Å². The smallest absolute Gasteiger partial charge is 0.213 e. The van der Waals surface area contributed by atoms with Crippen LogP contribution in [0.2, 0.25) is 0 Å². The van der Waals surface area contributed by atoms with E-state index in [1.807, 2.05) is 0 Å². The summed E-state index contributed by atoms with van der Waals surface area (Å²) in [5.74, 6) is 0.211. The standard InChI is InChI=1S/C10H22N2O2S/c1-5-15(13,14)12-8-6-11(7-9-12)10(2,3)4/h5-9H2,1-4H3. The minimum atomic E-state index is -2.98. The molecular formula is C10H22N2O2S. The number of hydrogen-bond donors (Lipinski definition) is 0. The Labute approximate surface area is 93.3 Å². The van der Waals surface area contributed by atoms with Gasteiger partial charge in [-0.05, 0) is 27.7 Å². The van der Waals surface area contributed by atoms with Crippen molar-refractivity contribution in [2.45, 2.75) is 33.2 Å². The topological polar surface area (TPSA) is 40.6 Å². The fourth-order valence-corrected chi connectivity index (χ4v) is 2.90. The van der Waals surface area contributed by atoms with Gasteiger partial charge in [0.25, 0.3) is 0 Å². The van der Waals surface area contributed by atoms with Crippen molar-refractivity contribution in [3.05, 3.63) is 0 Å². The van der Waals surface area contributed by atoms with Gasteiger partial charge in [0, 0.05) is 31.7 Å². The molecule has 0 aliphatic carbocycles. The molecule has 90 valence electrons. The van der Waals surface area contributed by atoms with Gasteiger partial charge in [0.15, 0.2) is 0 Å². The van der Waals surface area contributed by atoms with Gasteiger partial charge in [0.2, 0.25) is 10.0 Å². The number of hydrogen-bond acceptors (Lipinski definition) is 3. The maximum atomic E-state index is 11.6. The molecule has 0 aromatic heterocycles. The van der Waals surface area contributed by atoms with E-state index in [2.05, 4.69) is 25.7 Å². The van der Waals surface area contributed by atoms with Gasteiger partial charge in [-0.25, -0.2) is 8.42 Å². The number of piperazine rings is 1. The molecule has 1 saturated heterocycles. The molecule has 1 rings (SSSR count). The molecule has 0 radical (unpaired) electrons. The van der Waals surface area contributed by atoms with Gasteiger partial charge in [0.05, 0.1) is 5.75 Å². The second kappa shape index (κ2) is 4.39. The van der Waals surface area contributed by atoms with Crippen molar-refractivity contribution < 1.29 is 8.42 Å². The van der Waals surface area contributed by atoms with Crippen molar-refractivity contribution in [3.8, 4) is 0 Å². The Morgan fingerprint density at radius 1 is 1.07 bits per heavy atom. The molecular weight excluding hydrogens is 212 g/mol. The summed E-state index contributed by atoms with van der Waals surface area (Å²) in [6.07, 6.45) is 0. The number of sulfonamides is 1. The van der Waals surface area contributed by atoms with Crippen LogP contribution in [0.5, 0.6) is 0 Å². The molecule has 0 bridgehead atoms. The zero-order valence-corrected chi connectivity index (χ0v) is 11.0. The molecule has 0 spiro atoms. The molecule has 1 fully saturated rings. The van der Waals surface area contributed by atoms with Gasteiger partial charge in [0.1, 0.15) is 0 Å². The zero-order valence-electron chi connectivity index (χ0n) is 10.2. The second-order valence-electron chi connectivity index (χ2n) is 4.96. The van der Waals surface area contributed by atoms with Crippen LogP contribution in [0.3, 0.4) is 0 Å². The summed E-state index contributed by atoms with van der Waals surface area (Å²) in [7, 11) is -2.98. The highest BCUT2D eigenvalue weighted by Crippen LogP contribution is 2.17. The van der Waals surface area contributed by atoms with E-state index in [1.165, 1.54) is 0 Å². The third-order valence-electron chi connectivity index (χ3n) is 2.95. The summed E-state index contributed by atoms with van der Waals surface area (Å²) >= 11 is 0. The van der Waals surface area contributed by atoms with Gasteiger partial charge in [-0.3, -0.25) is 4.90 Å². The Balaban J connectivity index is 2.57. The molecule has 0 aromatic rings.